The van der Waals surface area contributed by atoms with Gasteiger partial charge >= 0.3 is 0 Å². The first-order valence-electron chi connectivity index (χ1n) is 8.56. The van der Waals surface area contributed by atoms with Gasteiger partial charge in [0.25, 0.3) is 0 Å². The largest absolute Gasteiger partial charge is 0.345 e. The third-order valence-electron chi connectivity index (χ3n) is 4.36. The molecule has 0 aliphatic heterocycles. The van der Waals surface area contributed by atoms with Gasteiger partial charge in [0.2, 0.25) is 5.91 Å². The van der Waals surface area contributed by atoms with E-state index in [1.165, 1.54) is 29.7 Å². The average molecular weight is 312 g/mol. The van der Waals surface area contributed by atoms with Crippen molar-refractivity contribution in [3.05, 3.63) is 59.4 Å². The summed E-state index contributed by atoms with van der Waals surface area (Å²) in [6, 6.07) is 12.7. The van der Waals surface area contributed by atoms with Crippen LogP contribution in [-0.2, 0) is 17.9 Å². The Morgan fingerprint density at radius 3 is 2.61 bits per heavy atom. The fraction of sp³-hybridized carbons (Fsp3) is 0.450. The van der Waals surface area contributed by atoms with Gasteiger partial charge in [-0.15, -0.1) is 0 Å². The second-order valence-corrected chi connectivity index (χ2v) is 6.20. The van der Waals surface area contributed by atoms with E-state index in [1.54, 1.807) is 6.92 Å². The number of hydrogen-bond donors (Lipinski definition) is 0. The summed E-state index contributed by atoms with van der Waals surface area (Å²) in [5, 5.41) is 0. The number of carbonyl (C=O) groups excluding carboxylic acids is 1. The minimum absolute atomic E-state index is 0.157. The van der Waals surface area contributed by atoms with Gasteiger partial charge in [-0.3, -0.25) is 4.79 Å². The van der Waals surface area contributed by atoms with E-state index in [-0.39, 0.29) is 5.91 Å². The fourth-order valence-electron chi connectivity index (χ4n) is 2.81. The van der Waals surface area contributed by atoms with Crippen LogP contribution in [0.2, 0.25) is 0 Å². The second-order valence-electron chi connectivity index (χ2n) is 6.20. The van der Waals surface area contributed by atoms with E-state index in [0.29, 0.717) is 6.54 Å². The highest BCUT2D eigenvalue weighted by molar-refractivity contribution is 5.73. The van der Waals surface area contributed by atoms with Gasteiger partial charge < -0.3 is 9.47 Å². The lowest BCUT2D eigenvalue weighted by Crippen LogP contribution is -2.30. The molecule has 0 radical (unpaired) electrons. The molecule has 0 saturated carbocycles. The van der Waals surface area contributed by atoms with Crippen LogP contribution in [-0.4, -0.2) is 21.9 Å². The van der Waals surface area contributed by atoms with E-state index in [4.69, 9.17) is 0 Å². The summed E-state index contributed by atoms with van der Waals surface area (Å²) in [6.07, 6.45) is 5.53. The molecule has 1 aromatic heterocycles. The Balaban J connectivity index is 2.07. The molecule has 3 nitrogen and oxygen atoms in total. The molecule has 0 unspecified atom stereocenters. The molecule has 0 fully saturated rings. The highest BCUT2D eigenvalue weighted by Crippen LogP contribution is 2.14. The van der Waals surface area contributed by atoms with Gasteiger partial charge in [0, 0.05) is 31.9 Å². The molecule has 1 amide bonds. The van der Waals surface area contributed by atoms with Crippen molar-refractivity contribution in [2.45, 2.75) is 53.1 Å². The smallest absolute Gasteiger partial charge is 0.219 e. The van der Waals surface area contributed by atoms with E-state index in [9.17, 15) is 4.79 Å². The van der Waals surface area contributed by atoms with Crippen LogP contribution in [0, 0.1) is 6.92 Å². The van der Waals surface area contributed by atoms with Crippen LogP contribution in [0.1, 0.15) is 49.9 Å². The monoisotopic (exact) mass is 312 g/mol. The molecular formula is C20H28N2O. The summed E-state index contributed by atoms with van der Waals surface area (Å²) in [5.41, 5.74) is 3.82. The number of aromatic nitrogens is 1. The SMILES string of the molecule is CCCCCN(Cc1cccn1Cc1ccccc1C)C(C)=O. The predicted octanol–water partition coefficient (Wildman–Crippen LogP) is 4.38. The van der Waals surface area contributed by atoms with Crippen molar-refractivity contribution in [2.75, 3.05) is 6.54 Å². The van der Waals surface area contributed by atoms with Crippen molar-refractivity contribution in [1.82, 2.24) is 9.47 Å². The van der Waals surface area contributed by atoms with E-state index in [2.05, 4.69) is 61.0 Å². The molecular weight excluding hydrogens is 284 g/mol. The molecule has 0 spiro atoms. The molecule has 23 heavy (non-hydrogen) atoms. The topological polar surface area (TPSA) is 25.2 Å². The highest BCUT2D eigenvalue weighted by atomic mass is 16.2. The van der Waals surface area contributed by atoms with Crippen LogP contribution in [0.5, 0.6) is 0 Å². The lowest BCUT2D eigenvalue weighted by Gasteiger charge is -2.22. The zero-order chi connectivity index (χ0) is 16.7. The molecule has 0 bridgehead atoms. The molecule has 2 rings (SSSR count). The van der Waals surface area contributed by atoms with Crippen LogP contribution in [0.3, 0.4) is 0 Å². The number of unbranched alkanes of at least 4 members (excludes halogenated alkanes) is 2. The number of hydrogen-bond acceptors (Lipinski definition) is 1. The molecule has 1 aromatic carbocycles. The van der Waals surface area contributed by atoms with E-state index < -0.39 is 0 Å². The van der Waals surface area contributed by atoms with Crippen LogP contribution in [0.15, 0.2) is 42.6 Å². The summed E-state index contributed by atoms with van der Waals surface area (Å²) < 4.78 is 2.25. The van der Waals surface area contributed by atoms with Gasteiger partial charge in [0.15, 0.2) is 0 Å². The Morgan fingerprint density at radius 1 is 1.13 bits per heavy atom. The first-order valence-corrected chi connectivity index (χ1v) is 8.56. The number of aryl methyl sites for hydroxylation is 1. The Bertz CT molecular complexity index is 630. The van der Waals surface area contributed by atoms with Gasteiger partial charge in [-0.25, -0.2) is 0 Å². The van der Waals surface area contributed by atoms with Gasteiger partial charge in [-0.1, -0.05) is 44.0 Å². The minimum atomic E-state index is 0.157. The fourth-order valence-corrected chi connectivity index (χ4v) is 2.81. The van der Waals surface area contributed by atoms with Crippen LogP contribution in [0.25, 0.3) is 0 Å². The van der Waals surface area contributed by atoms with Crippen molar-refractivity contribution in [1.29, 1.82) is 0 Å². The third-order valence-corrected chi connectivity index (χ3v) is 4.36. The van der Waals surface area contributed by atoms with Gasteiger partial charge in [-0.05, 0) is 36.6 Å². The maximum Gasteiger partial charge on any atom is 0.219 e. The van der Waals surface area contributed by atoms with Crippen molar-refractivity contribution < 1.29 is 4.79 Å². The normalized spacial score (nSPS) is 10.7. The lowest BCUT2D eigenvalue weighted by atomic mass is 10.1. The summed E-state index contributed by atoms with van der Waals surface area (Å²) in [7, 11) is 0. The molecule has 2 aromatic rings. The molecule has 1 heterocycles. The quantitative estimate of drug-likeness (QED) is 0.664. The first-order chi connectivity index (χ1) is 11.1. The summed E-state index contributed by atoms with van der Waals surface area (Å²) in [6.45, 7) is 8.39. The van der Waals surface area contributed by atoms with Crippen molar-refractivity contribution >= 4 is 5.91 Å². The number of benzene rings is 1. The maximum absolute atomic E-state index is 11.9. The van der Waals surface area contributed by atoms with Crippen molar-refractivity contribution in [2.24, 2.45) is 0 Å². The molecule has 0 saturated heterocycles. The third kappa shape index (κ3) is 4.98. The molecule has 0 aliphatic carbocycles. The van der Waals surface area contributed by atoms with Gasteiger partial charge in [0.05, 0.1) is 6.54 Å². The molecule has 0 N–H and O–H groups in total. The summed E-state index contributed by atoms with van der Waals surface area (Å²) in [5.74, 6) is 0.157. The van der Waals surface area contributed by atoms with Crippen LogP contribution in [0.4, 0.5) is 0 Å². The van der Waals surface area contributed by atoms with Gasteiger partial charge in [-0.2, -0.15) is 0 Å². The number of carbonyl (C=O) groups is 1. The van der Waals surface area contributed by atoms with Crippen LogP contribution >= 0.6 is 0 Å². The Hall–Kier alpha value is -2.03. The maximum atomic E-state index is 11.9. The summed E-state index contributed by atoms with van der Waals surface area (Å²) in [4.78, 5) is 13.9. The number of amides is 1. The van der Waals surface area contributed by atoms with Crippen LogP contribution < -0.4 is 0 Å². The molecule has 124 valence electrons. The first kappa shape index (κ1) is 17.3. The van der Waals surface area contributed by atoms with E-state index >= 15 is 0 Å². The Labute approximate surface area is 139 Å². The molecule has 3 heteroatoms. The minimum Gasteiger partial charge on any atom is -0.345 e. The zero-order valence-electron chi connectivity index (χ0n) is 14.6. The highest BCUT2D eigenvalue weighted by Gasteiger charge is 2.12. The Kier molecular flexibility index (Phi) is 6.45. The average Bonchev–Trinajstić information content (AvgIpc) is 2.95. The lowest BCUT2D eigenvalue weighted by molar-refractivity contribution is -0.129. The van der Waals surface area contributed by atoms with E-state index in [0.717, 1.165) is 19.5 Å². The van der Waals surface area contributed by atoms with E-state index in [1.807, 2.05) is 4.90 Å². The summed E-state index contributed by atoms with van der Waals surface area (Å²) >= 11 is 0. The van der Waals surface area contributed by atoms with Crippen molar-refractivity contribution in [3.63, 3.8) is 0 Å². The second kappa shape index (κ2) is 8.56. The number of rotatable bonds is 8. The Morgan fingerprint density at radius 2 is 1.91 bits per heavy atom. The molecule has 0 atom stereocenters. The van der Waals surface area contributed by atoms with Crippen molar-refractivity contribution in [3.8, 4) is 0 Å². The molecule has 0 aliphatic rings. The predicted molar refractivity (Wildman–Crippen MR) is 95.3 cm³/mol. The number of nitrogens with zero attached hydrogens (tertiary/aromatic N) is 2. The zero-order valence-corrected chi connectivity index (χ0v) is 14.6. The van der Waals surface area contributed by atoms with Gasteiger partial charge in [0.1, 0.15) is 0 Å². The standard InChI is InChI=1S/C20H28N2O/c1-4-5-8-13-21(18(3)23)16-20-12-9-14-22(20)15-19-11-7-6-10-17(19)2/h6-7,9-12,14H,4-5,8,13,15-16H2,1-3H3.